The lowest BCUT2D eigenvalue weighted by atomic mass is 9.72. The number of hydrogen-bond acceptors (Lipinski definition) is 1. The third-order valence-corrected chi connectivity index (χ3v) is 3.22. The number of nitrogens with zero attached hydrogens (tertiary/aromatic N) is 1. The fraction of sp³-hybridized carbons (Fsp3) is 0.562. The van der Waals surface area contributed by atoms with Gasteiger partial charge >= 0.3 is 0 Å². The Morgan fingerprint density at radius 2 is 1.94 bits per heavy atom. The van der Waals surface area contributed by atoms with E-state index in [0.717, 1.165) is 17.7 Å². The van der Waals surface area contributed by atoms with Crippen molar-refractivity contribution in [1.29, 1.82) is 0 Å². The molecule has 1 rings (SSSR count). The second-order valence-corrected chi connectivity index (χ2v) is 4.86. The van der Waals surface area contributed by atoms with E-state index in [2.05, 4.69) is 45.3 Å². The van der Waals surface area contributed by atoms with Crippen molar-refractivity contribution in [3.8, 4) is 0 Å². The normalized spacial score (nSPS) is 21.8. The van der Waals surface area contributed by atoms with Crippen LogP contribution in [0.4, 0.5) is 0 Å². The summed E-state index contributed by atoms with van der Waals surface area (Å²) in [7, 11) is 0. The molecule has 0 aromatic rings. The van der Waals surface area contributed by atoms with Gasteiger partial charge < -0.3 is 0 Å². The van der Waals surface area contributed by atoms with Gasteiger partial charge in [-0.05, 0) is 43.8 Å². The minimum Gasteiger partial charge on any atom is -0.266 e. The Kier molecular flexibility index (Phi) is 6.15. The van der Waals surface area contributed by atoms with E-state index in [1.807, 2.05) is 27.0 Å². The maximum absolute atomic E-state index is 4.35. The summed E-state index contributed by atoms with van der Waals surface area (Å²) in [6.45, 7) is 18.8. The second kappa shape index (κ2) is 6.58. The lowest BCUT2D eigenvalue weighted by Crippen LogP contribution is -2.19. The number of aliphatic imine (C=N–C) groups is 1. The summed E-state index contributed by atoms with van der Waals surface area (Å²) in [6, 6.07) is 0. The highest BCUT2D eigenvalue weighted by Gasteiger charge is 2.27. The quantitative estimate of drug-likeness (QED) is 0.544. The highest BCUT2D eigenvalue weighted by atomic mass is 14.7. The Labute approximate surface area is 107 Å². The van der Waals surface area contributed by atoms with E-state index in [-0.39, 0.29) is 5.41 Å². The Morgan fingerprint density at radius 3 is 2.41 bits per heavy atom. The molecule has 0 saturated carbocycles. The van der Waals surface area contributed by atoms with Gasteiger partial charge in [0.15, 0.2) is 0 Å². The fourth-order valence-electron chi connectivity index (χ4n) is 1.87. The van der Waals surface area contributed by atoms with Gasteiger partial charge in [-0.15, -0.1) is 0 Å². The first-order valence-electron chi connectivity index (χ1n) is 6.45. The summed E-state index contributed by atoms with van der Waals surface area (Å²) in [5.41, 5.74) is 5.16. The Morgan fingerprint density at radius 1 is 1.41 bits per heavy atom. The Balaban J connectivity index is 0.00000121. The van der Waals surface area contributed by atoms with Crippen molar-refractivity contribution in [1.82, 2.24) is 0 Å². The van der Waals surface area contributed by atoms with Crippen molar-refractivity contribution < 1.29 is 0 Å². The Hall–Kier alpha value is -1.11. The number of allylic oxidation sites excluding steroid dienone is 5. The maximum atomic E-state index is 4.35. The van der Waals surface area contributed by atoms with E-state index in [1.54, 1.807) is 0 Å². The van der Waals surface area contributed by atoms with Crippen LogP contribution in [-0.4, -0.2) is 6.21 Å². The molecule has 0 unspecified atom stereocenters. The molecule has 1 heteroatoms. The minimum absolute atomic E-state index is 0.237. The minimum atomic E-state index is 0.237. The maximum Gasteiger partial charge on any atom is 0.0406 e. The van der Waals surface area contributed by atoms with Gasteiger partial charge in [0.2, 0.25) is 0 Å². The molecule has 17 heavy (non-hydrogen) atoms. The monoisotopic (exact) mass is 233 g/mol. The van der Waals surface area contributed by atoms with Crippen molar-refractivity contribution in [3.63, 3.8) is 0 Å². The zero-order valence-electron chi connectivity index (χ0n) is 12.5. The number of hydrogen-bond donors (Lipinski definition) is 0. The molecule has 0 bridgehead atoms. The summed E-state index contributed by atoms with van der Waals surface area (Å²) < 4.78 is 0. The predicted octanol–water partition coefficient (Wildman–Crippen LogP) is 5.31. The smallest absolute Gasteiger partial charge is 0.0406 e. The molecule has 1 aliphatic carbocycles. The van der Waals surface area contributed by atoms with E-state index < -0.39 is 0 Å². The lowest BCUT2D eigenvalue weighted by Gasteiger charge is -2.32. The predicted molar refractivity (Wildman–Crippen MR) is 79.5 cm³/mol. The van der Waals surface area contributed by atoms with Gasteiger partial charge in [-0.3, -0.25) is 4.99 Å². The van der Waals surface area contributed by atoms with Crippen molar-refractivity contribution in [2.45, 2.75) is 54.9 Å². The van der Waals surface area contributed by atoms with Crippen LogP contribution in [-0.2, 0) is 0 Å². The van der Waals surface area contributed by atoms with Crippen LogP contribution in [0.5, 0.6) is 0 Å². The summed E-state index contributed by atoms with van der Waals surface area (Å²) in [4.78, 5) is 4.35. The van der Waals surface area contributed by atoms with Crippen LogP contribution < -0.4 is 0 Å². The van der Waals surface area contributed by atoms with Gasteiger partial charge in [0.1, 0.15) is 0 Å². The molecule has 0 amide bonds. The molecule has 0 fully saturated rings. The topological polar surface area (TPSA) is 12.4 Å². The molecule has 0 spiro atoms. The first-order valence-corrected chi connectivity index (χ1v) is 6.45. The van der Waals surface area contributed by atoms with Crippen LogP contribution in [0.25, 0.3) is 0 Å². The summed E-state index contributed by atoms with van der Waals surface area (Å²) >= 11 is 0. The molecule has 0 aromatic carbocycles. The lowest BCUT2D eigenvalue weighted by molar-refractivity contribution is 0.434. The molecule has 0 heterocycles. The van der Waals surface area contributed by atoms with Crippen LogP contribution in [0, 0.1) is 5.41 Å². The summed E-state index contributed by atoms with van der Waals surface area (Å²) in [5.74, 6) is 0. The van der Waals surface area contributed by atoms with Crippen LogP contribution in [0.2, 0.25) is 0 Å². The van der Waals surface area contributed by atoms with Gasteiger partial charge in [0.05, 0.1) is 0 Å². The van der Waals surface area contributed by atoms with Gasteiger partial charge in [0.25, 0.3) is 0 Å². The molecular formula is C16H27N. The SMILES string of the molecule is C=C1C=C(C)C(C)(C)C/C1=C(\C)N=CC.CC. The van der Waals surface area contributed by atoms with Crippen LogP contribution >= 0.6 is 0 Å². The standard InChI is InChI=1S/C14H21N.C2H6/c1-7-15-12(4)13-9-14(5,6)11(3)8-10(13)2;1-2/h7-8H,2,9H2,1,3-6H3;1-2H3/b13-12-,15-7?;. The van der Waals surface area contributed by atoms with Gasteiger partial charge in [-0.25, -0.2) is 0 Å². The fourth-order valence-corrected chi connectivity index (χ4v) is 1.87. The van der Waals surface area contributed by atoms with Gasteiger partial charge in [-0.2, -0.15) is 0 Å². The zero-order valence-corrected chi connectivity index (χ0v) is 12.5. The summed E-state index contributed by atoms with van der Waals surface area (Å²) in [6.07, 6.45) is 5.07. The first-order chi connectivity index (χ1) is 7.88. The van der Waals surface area contributed by atoms with Crippen molar-refractivity contribution in [3.05, 3.63) is 35.1 Å². The molecule has 0 N–H and O–H groups in total. The van der Waals surface area contributed by atoms with E-state index in [4.69, 9.17) is 0 Å². The highest BCUT2D eigenvalue weighted by Crippen LogP contribution is 2.41. The number of rotatable bonds is 1. The van der Waals surface area contributed by atoms with Crippen molar-refractivity contribution in [2.24, 2.45) is 10.4 Å². The molecule has 0 aliphatic heterocycles. The van der Waals surface area contributed by atoms with Crippen LogP contribution in [0.15, 0.2) is 40.1 Å². The van der Waals surface area contributed by atoms with Crippen LogP contribution in [0.3, 0.4) is 0 Å². The zero-order chi connectivity index (χ0) is 13.6. The first kappa shape index (κ1) is 15.9. The van der Waals surface area contributed by atoms with Gasteiger partial charge in [0, 0.05) is 11.9 Å². The van der Waals surface area contributed by atoms with Crippen molar-refractivity contribution in [2.75, 3.05) is 0 Å². The molecule has 1 nitrogen and oxygen atoms in total. The van der Waals surface area contributed by atoms with Crippen molar-refractivity contribution >= 4 is 6.21 Å². The van der Waals surface area contributed by atoms with Gasteiger partial charge in [-0.1, -0.05) is 45.9 Å². The molecule has 0 saturated heterocycles. The molecule has 0 atom stereocenters. The molecule has 96 valence electrons. The van der Waals surface area contributed by atoms with E-state index in [1.165, 1.54) is 11.1 Å². The third-order valence-electron chi connectivity index (χ3n) is 3.22. The second-order valence-electron chi connectivity index (χ2n) is 4.86. The average molecular weight is 233 g/mol. The van der Waals surface area contributed by atoms with E-state index in [0.29, 0.717) is 0 Å². The molecule has 1 aliphatic rings. The van der Waals surface area contributed by atoms with E-state index in [9.17, 15) is 0 Å². The average Bonchev–Trinajstić information content (AvgIpc) is 2.27. The molecule has 0 radical (unpaired) electrons. The third kappa shape index (κ3) is 3.99. The summed E-state index contributed by atoms with van der Waals surface area (Å²) in [5, 5.41) is 0. The Bertz CT molecular complexity index is 365. The highest BCUT2D eigenvalue weighted by molar-refractivity contribution is 5.57. The molecule has 0 aromatic heterocycles. The van der Waals surface area contributed by atoms with E-state index >= 15 is 0 Å². The van der Waals surface area contributed by atoms with Crippen LogP contribution in [0.1, 0.15) is 54.9 Å². The largest absolute Gasteiger partial charge is 0.266 e. The molecular weight excluding hydrogens is 206 g/mol.